The zero-order valence-corrected chi connectivity index (χ0v) is 13.3. The molecule has 2 unspecified atom stereocenters. The first-order valence-electron chi connectivity index (χ1n) is 6.86. The first kappa shape index (κ1) is 17.8. The van der Waals surface area contributed by atoms with E-state index in [-0.39, 0.29) is 6.10 Å². The average Bonchev–Trinajstić information content (AvgIpc) is 2.26. The van der Waals surface area contributed by atoms with Crippen LogP contribution in [0, 0.1) is 0 Å². The van der Waals surface area contributed by atoms with Crippen LogP contribution in [0.2, 0.25) is 0 Å². The Labute approximate surface area is 113 Å². The molecule has 0 saturated carbocycles. The van der Waals surface area contributed by atoms with E-state index >= 15 is 0 Å². The molecule has 0 aliphatic rings. The highest BCUT2D eigenvalue weighted by Gasteiger charge is 2.18. The minimum Gasteiger partial charge on any atom is -0.383 e. The maximum Gasteiger partial charge on any atom is 0.0702 e. The van der Waals surface area contributed by atoms with E-state index in [1.165, 1.54) is 0 Å². The van der Waals surface area contributed by atoms with Crippen molar-refractivity contribution < 1.29 is 9.47 Å². The van der Waals surface area contributed by atoms with Crippen LogP contribution in [0.1, 0.15) is 26.7 Å². The molecular formula is C14H32N2O2. The fourth-order valence-corrected chi connectivity index (χ4v) is 2.06. The molecule has 0 aromatic rings. The molecule has 0 radical (unpaired) electrons. The zero-order chi connectivity index (χ0) is 14.1. The van der Waals surface area contributed by atoms with Crippen LogP contribution in [0.25, 0.3) is 0 Å². The van der Waals surface area contributed by atoms with E-state index in [2.05, 4.69) is 51.8 Å². The molecule has 0 aliphatic heterocycles. The topological polar surface area (TPSA) is 24.9 Å². The Balaban J connectivity index is 4.15. The monoisotopic (exact) mass is 260 g/mol. The van der Waals surface area contributed by atoms with E-state index in [4.69, 9.17) is 9.47 Å². The summed E-state index contributed by atoms with van der Waals surface area (Å²) in [7, 11) is 10.1. The minimum atomic E-state index is 0.262. The predicted molar refractivity (Wildman–Crippen MR) is 77.1 cm³/mol. The van der Waals surface area contributed by atoms with Crippen molar-refractivity contribution in [3.63, 3.8) is 0 Å². The number of methoxy groups -OCH3 is 1. The van der Waals surface area contributed by atoms with E-state index in [1.54, 1.807) is 7.11 Å². The Morgan fingerprint density at radius 2 is 1.72 bits per heavy atom. The molecule has 4 nitrogen and oxygen atoms in total. The largest absolute Gasteiger partial charge is 0.383 e. The van der Waals surface area contributed by atoms with Gasteiger partial charge in [-0.25, -0.2) is 0 Å². The summed E-state index contributed by atoms with van der Waals surface area (Å²) >= 11 is 0. The van der Waals surface area contributed by atoms with Crippen molar-refractivity contribution in [1.29, 1.82) is 0 Å². The second-order valence-electron chi connectivity index (χ2n) is 5.55. The Bertz CT molecular complexity index is 198. The zero-order valence-electron chi connectivity index (χ0n) is 13.3. The summed E-state index contributed by atoms with van der Waals surface area (Å²) in [6.45, 7) is 6.08. The molecule has 0 aliphatic carbocycles. The standard InChI is InChI=1S/C14H32N2O2/c1-8-14(10-15(3)4)18-12(2)9-13(11-17-7)16(5)6/h12-14H,8-11H2,1-7H3/t12-,13?,14?/m0/s1. The number of ether oxygens (including phenoxy) is 2. The van der Waals surface area contributed by atoms with Crippen LogP contribution < -0.4 is 0 Å². The van der Waals surface area contributed by atoms with Crippen molar-refractivity contribution in [1.82, 2.24) is 9.80 Å². The molecule has 0 saturated heterocycles. The van der Waals surface area contributed by atoms with Gasteiger partial charge in [0.05, 0.1) is 18.8 Å². The highest BCUT2D eigenvalue weighted by Crippen LogP contribution is 2.11. The number of rotatable bonds is 10. The lowest BCUT2D eigenvalue weighted by Crippen LogP contribution is -2.37. The lowest BCUT2D eigenvalue weighted by atomic mass is 10.1. The van der Waals surface area contributed by atoms with Crippen molar-refractivity contribution in [2.24, 2.45) is 0 Å². The average molecular weight is 260 g/mol. The smallest absolute Gasteiger partial charge is 0.0702 e. The van der Waals surface area contributed by atoms with Crippen LogP contribution >= 0.6 is 0 Å². The quantitative estimate of drug-likeness (QED) is 0.597. The molecule has 0 N–H and O–H groups in total. The molecule has 3 atom stereocenters. The summed E-state index contributed by atoms with van der Waals surface area (Å²) in [5, 5.41) is 0. The molecule has 0 aromatic carbocycles. The molecule has 0 fully saturated rings. The van der Waals surface area contributed by atoms with Gasteiger partial charge in [0, 0.05) is 19.7 Å². The van der Waals surface area contributed by atoms with E-state index in [9.17, 15) is 0 Å². The second-order valence-corrected chi connectivity index (χ2v) is 5.55. The maximum absolute atomic E-state index is 6.11. The number of hydrogen-bond acceptors (Lipinski definition) is 4. The fraction of sp³-hybridized carbons (Fsp3) is 1.00. The fourth-order valence-electron chi connectivity index (χ4n) is 2.06. The Kier molecular flexibility index (Phi) is 9.64. The van der Waals surface area contributed by atoms with Gasteiger partial charge in [-0.15, -0.1) is 0 Å². The predicted octanol–water partition coefficient (Wildman–Crippen LogP) is 1.70. The van der Waals surface area contributed by atoms with Crippen molar-refractivity contribution >= 4 is 0 Å². The summed E-state index contributed by atoms with van der Waals surface area (Å²) in [6.07, 6.45) is 2.64. The van der Waals surface area contributed by atoms with Crippen LogP contribution in [0.4, 0.5) is 0 Å². The molecule has 0 heterocycles. The van der Waals surface area contributed by atoms with Crippen LogP contribution in [0.3, 0.4) is 0 Å². The van der Waals surface area contributed by atoms with Gasteiger partial charge in [0.1, 0.15) is 0 Å². The van der Waals surface area contributed by atoms with E-state index in [0.717, 1.165) is 26.0 Å². The van der Waals surface area contributed by atoms with Gasteiger partial charge in [-0.2, -0.15) is 0 Å². The summed E-state index contributed by atoms with van der Waals surface area (Å²) in [5.74, 6) is 0. The summed E-state index contributed by atoms with van der Waals surface area (Å²) < 4.78 is 11.4. The lowest BCUT2D eigenvalue weighted by molar-refractivity contribution is -0.0340. The second kappa shape index (κ2) is 9.73. The Morgan fingerprint density at radius 3 is 2.11 bits per heavy atom. The summed E-state index contributed by atoms with van der Waals surface area (Å²) in [5.41, 5.74) is 0. The van der Waals surface area contributed by atoms with Gasteiger partial charge in [0.2, 0.25) is 0 Å². The normalized spacial score (nSPS) is 17.2. The maximum atomic E-state index is 6.11. The Morgan fingerprint density at radius 1 is 1.11 bits per heavy atom. The molecule has 0 aromatic heterocycles. The number of nitrogens with zero attached hydrogens (tertiary/aromatic N) is 2. The molecule has 110 valence electrons. The van der Waals surface area contributed by atoms with Gasteiger partial charge in [-0.1, -0.05) is 6.92 Å². The van der Waals surface area contributed by atoms with Crippen molar-refractivity contribution in [3.8, 4) is 0 Å². The van der Waals surface area contributed by atoms with Crippen LogP contribution in [0.5, 0.6) is 0 Å². The molecular weight excluding hydrogens is 228 g/mol. The highest BCUT2D eigenvalue weighted by atomic mass is 16.5. The van der Waals surface area contributed by atoms with Crippen LogP contribution in [0.15, 0.2) is 0 Å². The first-order chi connectivity index (χ1) is 8.40. The van der Waals surface area contributed by atoms with Crippen molar-refractivity contribution in [2.75, 3.05) is 48.5 Å². The SMILES string of the molecule is CCC(CN(C)C)O[C@@H](C)CC(COC)N(C)C. The van der Waals surface area contributed by atoms with Gasteiger partial charge >= 0.3 is 0 Å². The van der Waals surface area contributed by atoms with Gasteiger partial charge in [0.25, 0.3) is 0 Å². The Hall–Kier alpha value is -0.160. The van der Waals surface area contributed by atoms with Crippen LogP contribution in [-0.2, 0) is 9.47 Å². The summed E-state index contributed by atoms with van der Waals surface area (Å²) in [4.78, 5) is 4.38. The van der Waals surface area contributed by atoms with Gasteiger partial charge in [-0.05, 0) is 48.0 Å². The number of hydrogen-bond donors (Lipinski definition) is 0. The molecule has 0 bridgehead atoms. The molecule has 4 heteroatoms. The van der Waals surface area contributed by atoms with Gasteiger partial charge < -0.3 is 19.3 Å². The highest BCUT2D eigenvalue weighted by molar-refractivity contribution is 4.71. The molecule has 18 heavy (non-hydrogen) atoms. The lowest BCUT2D eigenvalue weighted by Gasteiger charge is -2.29. The van der Waals surface area contributed by atoms with Gasteiger partial charge in [0.15, 0.2) is 0 Å². The molecule has 0 spiro atoms. The first-order valence-corrected chi connectivity index (χ1v) is 6.86. The van der Waals surface area contributed by atoms with E-state index in [0.29, 0.717) is 12.1 Å². The van der Waals surface area contributed by atoms with Crippen molar-refractivity contribution in [2.45, 2.75) is 44.9 Å². The molecule has 0 amide bonds. The van der Waals surface area contributed by atoms with Gasteiger partial charge in [-0.3, -0.25) is 0 Å². The third-order valence-corrected chi connectivity index (χ3v) is 3.14. The minimum absolute atomic E-state index is 0.262. The number of likely N-dealkylation sites (N-methyl/N-ethyl adjacent to an activating group) is 2. The third-order valence-electron chi connectivity index (χ3n) is 3.14. The third kappa shape index (κ3) is 8.03. The van der Waals surface area contributed by atoms with Crippen molar-refractivity contribution in [3.05, 3.63) is 0 Å². The molecule has 0 rings (SSSR count). The van der Waals surface area contributed by atoms with Crippen LogP contribution in [-0.4, -0.2) is 76.5 Å². The van der Waals surface area contributed by atoms with E-state index < -0.39 is 0 Å². The summed E-state index contributed by atoms with van der Waals surface area (Å²) in [6, 6.07) is 0.418. The van der Waals surface area contributed by atoms with E-state index in [1.807, 2.05) is 0 Å².